The molecule has 0 bridgehead atoms. The van der Waals surface area contributed by atoms with Crippen molar-refractivity contribution < 1.29 is 14.1 Å². The Morgan fingerprint density at radius 2 is 2.11 bits per heavy atom. The number of nitrogens with zero attached hydrogens (tertiary/aromatic N) is 1. The summed E-state index contributed by atoms with van der Waals surface area (Å²) in [5.74, 6) is -0.850. The molecule has 0 aliphatic carbocycles. The van der Waals surface area contributed by atoms with Crippen molar-refractivity contribution in [1.82, 2.24) is 0 Å². The first-order valence-corrected chi connectivity index (χ1v) is 6.87. The van der Waals surface area contributed by atoms with Crippen LogP contribution in [0, 0.1) is 19.5 Å². The van der Waals surface area contributed by atoms with Crippen molar-refractivity contribution in [1.29, 1.82) is 0 Å². The summed E-state index contributed by atoms with van der Waals surface area (Å²) < 4.78 is 13.5. The number of benzene rings is 1. The van der Waals surface area contributed by atoms with E-state index in [-0.39, 0.29) is 9.88 Å². The van der Waals surface area contributed by atoms with Crippen LogP contribution in [0.3, 0.4) is 0 Å². The number of anilines is 1. The Balaban J connectivity index is 2.18. The molecule has 8 heteroatoms. The lowest BCUT2D eigenvalue weighted by molar-refractivity contribution is -0.380. The molecule has 0 saturated heterocycles. The Morgan fingerprint density at radius 3 is 2.68 bits per heavy atom. The molecule has 0 saturated carbocycles. The zero-order valence-electron chi connectivity index (χ0n) is 9.22. The molecular weight excluding hydrogens is 386 g/mol. The molecule has 2 aromatic rings. The maximum Gasteiger partial charge on any atom is 0.324 e. The predicted octanol–water partition coefficient (Wildman–Crippen LogP) is 3.65. The number of nitrogens with one attached hydrogen (secondary N) is 1. The fraction of sp³-hybridized carbons (Fsp3) is 0. The largest absolute Gasteiger partial charge is 0.324 e. The van der Waals surface area contributed by atoms with E-state index in [0.717, 1.165) is 11.3 Å². The highest BCUT2D eigenvalue weighted by Crippen LogP contribution is 2.26. The highest BCUT2D eigenvalue weighted by Gasteiger charge is 2.16. The number of carbonyl (C=O) groups is 1. The molecule has 0 radical (unpaired) electrons. The van der Waals surface area contributed by atoms with Crippen LogP contribution in [-0.4, -0.2) is 10.8 Å². The van der Waals surface area contributed by atoms with E-state index in [1.54, 1.807) is 0 Å². The molecule has 1 aromatic heterocycles. The van der Waals surface area contributed by atoms with Crippen LogP contribution < -0.4 is 5.32 Å². The van der Waals surface area contributed by atoms with Crippen molar-refractivity contribution in [3.05, 3.63) is 54.7 Å². The van der Waals surface area contributed by atoms with Gasteiger partial charge in [0.25, 0.3) is 5.91 Å². The van der Waals surface area contributed by atoms with E-state index in [4.69, 9.17) is 0 Å². The Morgan fingerprint density at radius 1 is 1.37 bits per heavy atom. The fourth-order valence-corrected chi connectivity index (χ4v) is 2.65. The molecule has 5 nitrogen and oxygen atoms in total. The average Bonchev–Trinajstić information content (AvgIpc) is 2.82. The third-order valence-electron chi connectivity index (χ3n) is 2.17. The average molecular weight is 392 g/mol. The van der Waals surface area contributed by atoms with Crippen molar-refractivity contribution in [3.63, 3.8) is 0 Å². The first-order valence-electron chi connectivity index (χ1n) is 4.98. The van der Waals surface area contributed by atoms with E-state index in [1.165, 1.54) is 30.3 Å². The zero-order chi connectivity index (χ0) is 14.0. The number of nitro groups is 1. The second-order valence-electron chi connectivity index (χ2n) is 3.47. The van der Waals surface area contributed by atoms with Crippen molar-refractivity contribution in [2.45, 2.75) is 0 Å². The highest BCUT2D eigenvalue weighted by molar-refractivity contribution is 14.1. The van der Waals surface area contributed by atoms with Gasteiger partial charge in [0.2, 0.25) is 0 Å². The van der Waals surface area contributed by atoms with Crippen molar-refractivity contribution in [2.24, 2.45) is 0 Å². The summed E-state index contributed by atoms with van der Waals surface area (Å²) in [5, 5.41) is 13.0. The molecule has 0 aliphatic rings. The third kappa shape index (κ3) is 3.26. The zero-order valence-corrected chi connectivity index (χ0v) is 12.2. The fourth-order valence-electron chi connectivity index (χ4n) is 1.32. The molecule has 1 heterocycles. The van der Waals surface area contributed by atoms with E-state index in [0.29, 0.717) is 9.26 Å². The summed E-state index contributed by atoms with van der Waals surface area (Å²) in [4.78, 5) is 22.1. The van der Waals surface area contributed by atoms with Crippen molar-refractivity contribution in [3.8, 4) is 0 Å². The Kier molecular flexibility index (Phi) is 4.10. The smallest absolute Gasteiger partial charge is 0.320 e. The molecule has 1 aromatic carbocycles. The van der Waals surface area contributed by atoms with Gasteiger partial charge in [0.05, 0.1) is 15.5 Å². The minimum Gasteiger partial charge on any atom is -0.320 e. The SMILES string of the molecule is O=C(Nc1ccc(F)cc1I)c1ccc([N+](=O)[O-])s1. The molecule has 1 N–H and O–H groups in total. The number of carbonyl (C=O) groups excluding carboxylic acids is 1. The lowest BCUT2D eigenvalue weighted by atomic mass is 10.3. The maximum atomic E-state index is 12.9. The lowest BCUT2D eigenvalue weighted by Gasteiger charge is -2.05. The number of thiophene rings is 1. The second kappa shape index (κ2) is 5.61. The van der Waals surface area contributed by atoms with Crippen LogP contribution in [0.2, 0.25) is 0 Å². The minimum atomic E-state index is -0.552. The molecular formula is C11H6FIN2O3S. The highest BCUT2D eigenvalue weighted by atomic mass is 127. The Hall–Kier alpha value is -1.55. The molecule has 0 fully saturated rings. The molecule has 1 amide bonds. The molecule has 0 unspecified atom stereocenters. The maximum absolute atomic E-state index is 12.9. The van der Waals surface area contributed by atoms with Crippen molar-refractivity contribution in [2.75, 3.05) is 5.32 Å². The third-order valence-corrected chi connectivity index (χ3v) is 4.10. The van der Waals surface area contributed by atoms with E-state index in [2.05, 4.69) is 5.32 Å². The van der Waals surface area contributed by atoms with Gasteiger partial charge in [0, 0.05) is 9.64 Å². The Bertz CT molecular complexity index is 659. The Labute approximate surface area is 124 Å². The van der Waals surface area contributed by atoms with Gasteiger partial charge in [-0.05, 0) is 46.9 Å². The van der Waals surface area contributed by atoms with E-state index in [1.807, 2.05) is 22.6 Å². The summed E-state index contributed by atoms with van der Waals surface area (Å²) in [6.45, 7) is 0. The summed E-state index contributed by atoms with van der Waals surface area (Å²) >= 11 is 2.68. The van der Waals surface area contributed by atoms with Gasteiger partial charge in [-0.15, -0.1) is 0 Å². The predicted molar refractivity (Wildman–Crippen MR) is 78.0 cm³/mol. The first kappa shape index (κ1) is 13.9. The van der Waals surface area contributed by atoms with Gasteiger partial charge in [-0.3, -0.25) is 14.9 Å². The molecule has 0 atom stereocenters. The van der Waals surface area contributed by atoms with Crippen LogP contribution in [0.4, 0.5) is 15.1 Å². The second-order valence-corrected chi connectivity index (χ2v) is 5.70. The normalized spacial score (nSPS) is 10.2. The van der Waals surface area contributed by atoms with Gasteiger partial charge >= 0.3 is 5.00 Å². The van der Waals surface area contributed by atoms with E-state index in [9.17, 15) is 19.3 Å². The van der Waals surface area contributed by atoms with Gasteiger partial charge in [-0.1, -0.05) is 11.3 Å². The van der Waals surface area contributed by atoms with E-state index >= 15 is 0 Å². The number of rotatable bonds is 3. The summed E-state index contributed by atoms with van der Waals surface area (Å²) in [7, 11) is 0. The lowest BCUT2D eigenvalue weighted by Crippen LogP contribution is -2.11. The molecule has 19 heavy (non-hydrogen) atoms. The molecule has 0 aliphatic heterocycles. The standard InChI is InChI=1S/C11H6FIN2O3S/c12-6-1-2-8(7(13)5-6)14-11(16)9-3-4-10(19-9)15(17)18/h1-5H,(H,14,16). The molecule has 98 valence electrons. The van der Waals surface area contributed by atoms with Gasteiger partial charge in [0.15, 0.2) is 0 Å². The number of hydrogen-bond donors (Lipinski definition) is 1. The van der Waals surface area contributed by atoms with Gasteiger partial charge in [-0.2, -0.15) is 0 Å². The monoisotopic (exact) mass is 392 g/mol. The number of amides is 1. The number of halogens is 2. The van der Waals surface area contributed by atoms with Gasteiger partial charge < -0.3 is 5.32 Å². The summed E-state index contributed by atoms with van der Waals surface area (Å²) in [6.07, 6.45) is 0. The topological polar surface area (TPSA) is 72.2 Å². The van der Waals surface area contributed by atoms with E-state index < -0.39 is 16.6 Å². The van der Waals surface area contributed by atoms with Crippen LogP contribution in [0.25, 0.3) is 0 Å². The first-order chi connectivity index (χ1) is 8.97. The van der Waals surface area contributed by atoms with Crippen LogP contribution in [0.5, 0.6) is 0 Å². The summed E-state index contributed by atoms with van der Waals surface area (Å²) in [6, 6.07) is 6.61. The van der Waals surface area contributed by atoms with Gasteiger partial charge in [0.1, 0.15) is 5.82 Å². The van der Waals surface area contributed by atoms with Crippen LogP contribution >= 0.6 is 33.9 Å². The molecule has 0 spiro atoms. The quantitative estimate of drug-likeness (QED) is 0.493. The summed E-state index contributed by atoms with van der Waals surface area (Å²) in [5.41, 5.74) is 0.461. The minimum absolute atomic E-state index is 0.0982. The van der Waals surface area contributed by atoms with Crippen LogP contribution in [0.1, 0.15) is 9.67 Å². The van der Waals surface area contributed by atoms with Crippen LogP contribution in [0.15, 0.2) is 30.3 Å². The number of hydrogen-bond acceptors (Lipinski definition) is 4. The molecule has 2 rings (SSSR count). The van der Waals surface area contributed by atoms with Crippen LogP contribution in [-0.2, 0) is 0 Å². The van der Waals surface area contributed by atoms with Gasteiger partial charge in [-0.25, -0.2) is 4.39 Å². The van der Waals surface area contributed by atoms with Crippen molar-refractivity contribution >= 4 is 50.5 Å².